The molecule has 4 heteroatoms. The number of anilines is 6. The highest BCUT2D eigenvalue weighted by molar-refractivity contribution is 7.00. The van der Waals surface area contributed by atoms with Crippen molar-refractivity contribution in [1.82, 2.24) is 0 Å². The average molecular weight is 823 g/mol. The summed E-state index contributed by atoms with van der Waals surface area (Å²) in [7, 11) is 0. The van der Waals surface area contributed by atoms with Crippen LogP contribution < -0.4 is 26.2 Å². The number of fused-ring (bicyclic) bond motifs is 8. The maximum absolute atomic E-state index is 6.80. The largest absolute Gasteiger partial charge is 0.456 e. The molecule has 0 saturated carbocycles. The Morgan fingerprint density at radius 1 is 0.492 bits per heavy atom. The molecule has 7 aromatic carbocycles. The molecule has 3 heterocycles. The fourth-order valence-electron chi connectivity index (χ4n) is 11.1. The standard InChI is InChI=1S/C59H59BN2O/c1-36-29-38(56(2,3)4)25-26-47(36)61-50-34-44-43(58(8,9)27-28-59(44,10)11)33-45(50)60-46-35-54-42(41-22-16-18-24-53(41)63-54)32-49(46)62(52-31-39(57(5,6)7)30-51(61)55(52)60)48-23-17-15-21-40(48)37-19-13-12-14-20-37/h12-26,29-35H,27-28H2,1-11H3. The smallest absolute Gasteiger partial charge is 0.252 e. The number of hydrogen-bond donors (Lipinski definition) is 0. The number of benzene rings is 7. The lowest BCUT2D eigenvalue weighted by atomic mass is 9.33. The van der Waals surface area contributed by atoms with Gasteiger partial charge in [0.15, 0.2) is 0 Å². The summed E-state index contributed by atoms with van der Waals surface area (Å²) in [4.78, 5) is 5.26. The van der Waals surface area contributed by atoms with Crippen LogP contribution in [0.4, 0.5) is 34.1 Å². The van der Waals surface area contributed by atoms with E-state index in [1.807, 2.05) is 0 Å². The van der Waals surface area contributed by atoms with E-state index in [-0.39, 0.29) is 28.4 Å². The zero-order valence-electron chi connectivity index (χ0n) is 39.0. The van der Waals surface area contributed by atoms with E-state index >= 15 is 0 Å². The number of rotatable bonds is 3. The molecule has 0 atom stereocenters. The fourth-order valence-corrected chi connectivity index (χ4v) is 11.1. The normalized spacial score (nSPS) is 16.2. The molecule has 0 N–H and O–H groups in total. The quantitative estimate of drug-likeness (QED) is 0.166. The van der Waals surface area contributed by atoms with E-state index in [9.17, 15) is 0 Å². The molecule has 63 heavy (non-hydrogen) atoms. The lowest BCUT2D eigenvalue weighted by Crippen LogP contribution is -2.62. The van der Waals surface area contributed by atoms with Crippen molar-refractivity contribution in [2.45, 2.75) is 111 Å². The van der Waals surface area contributed by atoms with Gasteiger partial charge in [0.25, 0.3) is 6.71 Å². The number of nitrogens with zero attached hydrogens (tertiary/aromatic N) is 2. The van der Waals surface area contributed by atoms with Crippen LogP contribution in [0.3, 0.4) is 0 Å². The van der Waals surface area contributed by atoms with Crippen molar-refractivity contribution in [3.63, 3.8) is 0 Å². The molecular weight excluding hydrogens is 763 g/mol. The van der Waals surface area contributed by atoms with Crippen LogP contribution >= 0.6 is 0 Å². The summed E-state index contributed by atoms with van der Waals surface area (Å²) in [5.41, 5.74) is 22.5. The van der Waals surface area contributed by atoms with Crippen LogP contribution in [-0.2, 0) is 21.7 Å². The summed E-state index contributed by atoms with van der Waals surface area (Å²) < 4.78 is 6.80. The van der Waals surface area contributed by atoms with Crippen molar-refractivity contribution < 1.29 is 4.42 Å². The van der Waals surface area contributed by atoms with Gasteiger partial charge in [-0.1, -0.05) is 154 Å². The van der Waals surface area contributed by atoms with E-state index in [1.165, 1.54) is 89.5 Å². The highest BCUT2D eigenvalue weighted by atomic mass is 16.3. The maximum Gasteiger partial charge on any atom is 0.252 e. The van der Waals surface area contributed by atoms with Crippen LogP contribution in [0, 0.1) is 6.92 Å². The predicted molar refractivity (Wildman–Crippen MR) is 271 cm³/mol. The third-order valence-corrected chi connectivity index (χ3v) is 14.9. The van der Waals surface area contributed by atoms with Crippen LogP contribution in [0.15, 0.2) is 138 Å². The van der Waals surface area contributed by atoms with Gasteiger partial charge in [0.2, 0.25) is 0 Å². The molecule has 3 nitrogen and oxygen atoms in total. The Balaban J connectivity index is 1.32. The van der Waals surface area contributed by atoms with E-state index < -0.39 is 0 Å². The number of para-hydroxylation sites is 2. The van der Waals surface area contributed by atoms with Crippen molar-refractivity contribution >= 4 is 79.2 Å². The first-order chi connectivity index (χ1) is 29.9. The maximum atomic E-state index is 6.80. The number of aryl methyl sites for hydroxylation is 1. The van der Waals surface area contributed by atoms with Crippen molar-refractivity contribution in [3.8, 4) is 11.1 Å². The van der Waals surface area contributed by atoms with Gasteiger partial charge < -0.3 is 14.2 Å². The zero-order valence-corrected chi connectivity index (χ0v) is 39.0. The number of furan rings is 1. The Bertz CT molecular complexity index is 3170. The van der Waals surface area contributed by atoms with Gasteiger partial charge in [-0.15, -0.1) is 0 Å². The second-order valence-corrected chi connectivity index (χ2v) is 22.1. The summed E-state index contributed by atoms with van der Waals surface area (Å²) in [6.07, 6.45) is 2.32. The van der Waals surface area contributed by atoms with Crippen molar-refractivity contribution in [2.24, 2.45) is 0 Å². The number of hydrogen-bond acceptors (Lipinski definition) is 3. The van der Waals surface area contributed by atoms with Gasteiger partial charge in [-0.25, -0.2) is 0 Å². The highest BCUT2D eigenvalue weighted by Gasteiger charge is 2.47. The van der Waals surface area contributed by atoms with Gasteiger partial charge >= 0.3 is 0 Å². The fraction of sp³-hybridized carbons (Fsp3) is 0.288. The Kier molecular flexibility index (Phi) is 8.54. The van der Waals surface area contributed by atoms with Crippen LogP contribution in [0.2, 0.25) is 0 Å². The van der Waals surface area contributed by atoms with Gasteiger partial charge in [0, 0.05) is 44.8 Å². The zero-order chi connectivity index (χ0) is 44.0. The van der Waals surface area contributed by atoms with E-state index in [4.69, 9.17) is 4.42 Å². The molecule has 314 valence electrons. The Labute approximate surface area is 374 Å². The lowest BCUT2D eigenvalue weighted by Gasteiger charge is -2.48. The van der Waals surface area contributed by atoms with Crippen LogP contribution in [0.1, 0.15) is 110 Å². The third kappa shape index (κ3) is 6.07. The molecule has 0 amide bonds. The van der Waals surface area contributed by atoms with Gasteiger partial charge in [0.05, 0.1) is 5.69 Å². The molecule has 3 aliphatic rings. The van der Waals surface area contributed by atoms with Crippen LogP contribution in [0.25, 0.3) is 33.1 Å². The first-order valence-corrected chi connectivity index (χ1v) is 23.1. The average Bonchev–Trinajstić information content (AvgIpc) is 3.61. The first kappa shape index (κ1) is 39.8. The minimum atomic E-state index is -0.129. The molecular formula is C59H59BN2O. The Morgan fingerprint density at radius 2 is 1.08 bits per heavy atom. The first-order valence-electron chi connectivity index (χ1n) is 23.1. The third-order valence-electron chi connectivity index (χ3n) is 14.9. The Hall–Kier alpha value is -6.00. The van der Waals surface area contributed by atoms with Crippen LogP contribution in [-0.4, -0.2) is 6.71 Å². The van der Waals surface area contributed by atoms with E-state index in [0.717, 1.165) is 34.8 Å². The molecule has 0 unspecified atom stereocenters. The molecule has 0 saturated heterocycles. The summed E-state index contributed by atoms with van der Waals surface area (Å²) >= 11 is 0. The van der Waals surface area contributed by atoms with E-state index in [2.05, 4.69) is 219 Å². The molecule has 11 rings (SSSR count). The molecule has 0 spiro atoms. The van der Waals surface area contributed by atoms with E-state index in [0.29, 0.717) is 0 Å². The van der Waals surface area contributed by atoms with Gasteiger partial charge in [-0.05, 0) is 140 Å². The summed E-state index contributed by atoms with van der Waals surface area (Å²) in [6.45, 7) is 26.2. The van der Waals surface area contributed by atoms with E-state index in [1.54, 1.807) is 0 Å². The topological polar surface area (TPSA) is 19.6 Å². The monoisotopic (exact) mass is 822 g/mol. The molecule has 1 aliphatic carbocycles. The minimum Gasteiger partial charge on any atom is -0.456 e. The van der Waals surface area contributed by atoms with Crippen molar-refractivity contribution in [1.29, 1.82) is 0 Å². The van der Waals surface area contributed by atoms with Crippen LogP contribution in [0.5, 0.6) is 0 Å². The SMILES string of the molecule is Cc1cc(C(C)(C)C)ccc1N1c2cc3c(cc2B2c4cc5oc6ccccc6c5cc4N(c4ccccc4-c4ccccc4)c4cc(C(C)(C)C)cc1c42)C(C)(C)CCC3(C)C. The highest BCUT2D eigenvalue weighted by Crippen LogP contribution is 2.52. The Morgan fingerprint density at radius 3 is 1.76 bits per heavy atom. The molecule has 2 aliphatic heterocycles. The predicted octanol–water partition coefficient (Wildman–Crippen LogP) is 14.6. The summed E-state index contributed by atoms with van der Waals surface area (Å²) in [6, 6.07) is 50.8. The van der Waals surface area contributed by atoms with Gasteiger partial charge in [0.1, 0.15) is 11.2 Å². The second kappa shape index (κ2) is 13.5. The summed E-state index contributed by atoms with van der Waals surface area (Å²) in [5.74, 6) is 0. The van der Waals surface area contributed by atoms with Gasteiger partial charge in [-0.2, -0.15) is 0 Å². The molecule has 1 aromatic heterocycles. The van der Waals surface area contributed by atoms with Gasteiger partial charge in [-0.3, -0.25) is 0 Å². The molecule has 0 radical (unpaired) electrons. The van der Waals surface area contributed by atoms with Crippen molar-refractivity contribution in [2.75, 3.05) is 9.80 Å². The van der Waals surface area contributed by atoms with Crippen molar-refractivity contribution in [3.05, 3.63) is 161 Å². The molecule has 8 aromatic rings. The lowest BCUT2D eigenvalue weighted by molar-refractivity contribution is 0.332. The molecule has 0 bridgehead atoms. The second-order valence-electron chi connectivity index (χ2n) is 22.1. The minimum absolute atomic E-state index is 0.0343. The summed E-state index contributed by atoms with van der Waals surface area (Å²) in [5, 5.41) is 2.28. The molecule has 0 fully saturated rings.